The van der Waals surface area contributed by atoms with Crippen LogP contribution in [-0.2, 0) is 4.79 Å². The highest BCUT2D eigenvalue weighted by molar-refractivity contribution is 5.98. The maximum absolute atomic E-state index is 12.0. The summed E-state index contributed by atoms with van der Waals surface area (Å²) in [6, 6.07) is 4.21. The molecule has 0 spiro atoms. The molecule has 0 aliphatic rings. The molecule has 1 aromatic carbocycles. The highest BCUT2D eigenvalue weighted by atomic mass is 16.6. The second-order valence-corrected chi connectivity index (χ2v) is 4.71. The number of rotatable bonds is 7. The molecule has 0 amide bonds. The number of carboxylic acids is 1. The number of hydrogen-bond donors (Lipinski definition) is 1. The average molecular weight is 279 g/mol. The van der Waals surface area contributed by atoms with Crippen LogP contribution in [0.2, 0.25) is 0 Å². The van der Waals surface area contributed by atoms with Crippen LogP contribution in [-0.4, -0.2) is 21.8 Å². The highest BCUT2D eigenvalue weighted by Gasteiger charge is 2.22. The summed E-state index contributed by atoms with van der Waals surface area (Å²) in [5.74, 6) is -2.14. The van der Waals surface area contributed by atoms with E-state index in [4.69, 9.17) is 5.11 Å². The first-order chi connectivity index (χ1) is 9.36. The van der Waals surface area contributed by atoms with Gasteiger partial charge in [0.2, 0.25) is 0 Å². The van der Waals surface area contributed by atoms with E-state index in [1.807, 2.05) is 6.92 Å². The predicted molar refractivity (Wildman–Crippen MR) is 72.8 cm³/mol. The zero-order valence-corrected chi connectivity index (χ0v) is 11.5. The molecule has 0 fully saturated rings. The summed E-state index contributed by atoms with van der Waals surface area (Å²) in [5, 5.41) is 19.9. The van der Waals surface area contributed by atoms with Gasteiger partial charge in [0, 0.05) is 23.6 Å². The Hall–Kier alpha value is -2.24. The number of carbonyl (C=O) groups is 2. The first kappa shape index (κ1) is 15.8. The van der Waals surface area contributed by atoms with Gasteiger partial charge in [0.1, 0.15) is 0 Å². The Balaban J connectivity index is 2.95. The number of carbonyl (C=O) groups excluding carboxylic acids is 1. The minimum absolute atomic E-state index is 0.127. The normalized spacial score (nSPS) is 11.9. The number of benzene rings is 1. The van der Waals surface area contributed by atoms with Crippen molar-refractivity contribution in [1.29, 1.82) is 0 Å². The largest absolute Gasteiger partial charge is 0.481 e. The lowest BCUT2D eigenvalue weighted by atomic mass is 9.94. The Morgan fingerprint density at radius 2 is 2.05 bits per heavy atom. The number of nitro groups is 1. The Kier molecular flexibility index (Phi) is 5.37. The van der Waals surface area contributed by atoms with E-state index in [0.717, 1.165) is 0 Å². The molecule has 0 bridgehead atoms. The van der Waals surface area contributed by atoms with E-state index in [1.54, 1.807) is 6.92 Å². The van der Waals surface area contributed by atoms with Gasteiger partial charge in [-0.2, -0.15) is 0 Å². The van der Waals surface area contributed by atoms with Crippen molar-refractivity contribution in [2.75, 3.05) is 0 Å². The average Bonchev–Trinajstić information content (AvgIpc) is 2.38. The summed E-state index contributed by atoms with van der Waals surface area (Å²) in [6.45, 7) is 3.43. The van der Waals surface area contributed by atoms with Crippen LogP contribution in [0, 0.1) is 23.0 Å². The fourth-order valence-corrected chi connectivity index (χ4v) is 1.98. The van der Waals surface area contributed by atoms with Gasteiger partial charge in [0.15, 0.2) is 5.78 Å². The van der Waals surface area contributed by atoms with Gasteiger partial charge >= 0.3 is 5.97 Å². The molecule has 1 N–H and O–H groups in total. The summed E-state index contributed by atoms with van der Waals surface area (Å²) in [6.07, 6.45) is 0.941. The second-order valence-electron chi connectivity index (χ2n) is 4.71. The van der Waals surface area contributed by atoms with Gasteiger partial charge in [-0.25, -0.2) is 0 Å². The molecule has 0 aromatic heterocycles. The topological polar surface area (TPSA) is 97.5 Å². The van der Waals surface area contributed by atoms with E-state index in [9.17, 15) is 19.7 Å². The standard InChI is InChI=1S/C14H17NO5/c1-3-4-11(14(17)18)8-13(16)10-6-5-9(2)12(7-10)15(19)20/h5-7,11H,3-4,8H2,1-2H3,(H,17,18). The van der Waals surface area contributed by atoms with Gasteiger partial charge in [-0.1, -0.05) is 25.5 Å². The second kappa shape index (κ2) is 6.79. The smallest absolute Gasteiger partial charge is 0.306 e. The minimum atomic E-state index is -1.01. The van der Waals surface area contributed by atoms with Crippen LogP contribution in [0.5, 0.6) is 0 Å². The third kappa shape index (κ3) is 3.88. The third-order valence-electron chi connectivity index (χ3n) is 3.15. The maximum atomic E-state index is 12.0. The SMILES string of the molecule is CCCC(CC(=O)c1ccc(C)c([N+](=O)[O-])c1)C(=O)O. The van der Waals surface area contributed by atoms with Gasteiger partial charge in [-0.05, 0) is 13.3 Å². The molecule has 1 atom stereocenters. The van der Waals surface area contributed by atoms with E-state index in [1.165, 1.54) is 18.2 Å². The van der Waals surface area contributed by atoms with Crippen LogP contribution in [0.4, 0.5) is 5.69 Å². The summed E-state index contributed by atoms with van der Waals surface area (Å²) in [5.41, 5.74) is 0.526. The van der Waals surface area contributed by atoms with Crippen LogP contribution < -0.4 is 0 Å². The number of nitrogens with zero attached hydrogens (tertiary/aromatic N) is 1. The molecule has 0 heterocycles. The molecule has 0 aliphatic carbocycles. The lowest BCUT2D eigenvalue weighted by molar-refractivity contribution is -0.385. The number of aryl methyl sites for hydroxylation is 1. The van der Waals surface area contributed by atoms with Gasteiger partial charge in [0.25, 0.3) is 5.69 Å². The number of carboxylic acid groups (broad SMARTS) is 1. The molecule has 0 saturated carbocycles. The fraction of sp³-hybridized carbons (Fsp3) is 0.429. The molecule has 1 aromatic rings. The maximum Gasteiger partial charge on any atom is 0.306 e. The Morgan fingerprint density at radius 3 is 2.55 bits per heavy atom. The van der Waals surface area contributed by atoms with Crippen LogP contribution >= 0.6 is 0 Å². The van der Waals surface area contributed by atoms with Crippen molar-refractivity contribution in [3.63, 3.8) is 0 Å². The molecule has 1 unspecified atom stereocenters. The number of nitro benzene ring substituents is 1. The molecule has 0 saturated heterocycles. The van der Waals surface area contributed by atoms with E-state index in [-0.39, 0.29) is 23.5 Å². The summed E-state index contributed by atoms with van der Waals surface area (Å²) < 4.78 is 0. The first-order valence-corrected chi connectivity index (χ1v) is 6.37. The molecule has 6 heteroatoms. The molecular weight excluding hydrogens is 262 g/mol. The van der Waals surface area contributed by atoms with Crippen LogP contribution in [0.1, 0.15) is 42.1 Å². The van der Waals surface area contributed by atoms with Crippen molar-refractivity contribution in [2.24, 2.45) is 5.92 Å². The van der Waals surface area contributed by atoms with Crippen LogP contribution in [0.15, 0.2) is 18.2 Å². The monoisotopic (exact) mass is 279 g/mol. The van der Waals surface area contributed by atoms with E-state index in [2.05, 4.69) is 0 Å². The lowest BCUT2D eigenvalue weighted by Crippen LogP contribution is -2.18. The van der Waals surface area contributed by atoms with Gasteiger partial charge in [0.05, 0.1) is 10.8 Å². The van der Waals surface area contributed by atoms with Crippen molar-refractivity contribution in [3.8, 4) is 0 Å². The Labute approximate surface area is 116 Å². The molecule has 20 heavy (non-hydrogen) atoms. The van der Waals surface area contributed by atoms with Crippen molar-refractivity contribution in [1.82, 2.24) is 0 Å². The summed E-state index contributed by atoms with van der Waals surface area (Å²) >= 11 is 0. The zero-order valence-electron chi connectivity index (χ0n) is 11.5. The fourth-order valence-electron chi connectivity index (χ4n) is 1.98. The van der Waals surface area contributed by atoms with Gasteiger partial charge in [-0.15, -0.1) is 0 Å². The van der Waals surface area contributed by atoms with Crippen molar-refractivity contribution in [3.05, 3.63) is 39.4 Å². The molecular formula is C14H17NO5. The molecule has 1 rings (SSSR count). The number of hydrogen-bond acceptors (Lipinski definition) is 4. The molecule has 108 valence electrons. The van der Waals surface area contributed by atoms with Gasteiger partial charge in [-0.3, -0.25) is 19.7 Å². The molecule has 0 aliphatic heterocycles. The van der Waals surface area contributed by atoms with E-state index >= 15 is 0 Å². The molecule has 6 nitrogen and oxygen atoms in total. The van der Waals surface area contributed by atoms with Crippen molar-refractivity contribution < 1.29 is 19.6 Å². The third-order valence-corrected chi connectivity index (χ3v) is 3.15. The van der Waals surface area contributed by atoms with E-state index < -0.39 is 16.8 Å². The quantitative estimate of drug-likeness (QED) is 0.470. The predicted octanol–water partition coefficient (Wildman–Crippen LogP) is 2.98. The Morgan fingerprint density at radius 1 is 1.40 bits per heavy atom. The summed E-state index contributed by atoms with van der Waals surface area (Å²) in [4.78, 5) is 33.3. The lowest BCUT2D eigenvalue weighted by Gasteiger charge is -2.10. The number of ketones is 1. The van der Waals surface area contributed by atoms with Crippen LogP contribution in [0.3, 0.4) is 0 Å². The minimum Gasteiger partial charge on any atom is -0.481 e. The van der Waals surface area contributed by atoms with Crippen LogP contribution in [0.25, 0.3) is 0 Å². The zero-order chi connectivity index (χ0) is 15.3. The summed E-state index contributed by atoms with van der Waals surface area (Å²) in [7, 11) is 0. The van der Waals surface area contributed by atoms with Crippen molar-refractivity contribution in [2.45, 2.75) is 33.1 Å². The first-order valence-electron chi connectivity index (χ1n) is 6.37. The molecule has 0 radical (unpaired) electrons. The number of Topliss-reactive ketones (excluding diaryl/α,β-unsaturated/α-hetero) is 1. The van der Waals surface area contributed by atoms with E-state index in [0.29, 0.717) is 18.4 Å². The van der Waals surface area contributed by atoms with Gasteiger partial charge < -0.3 is 5.11 Å². The number of aliphatic carboxylic acids is 1. The highest BCUT2D eigenvalue weighted by Crippen LogP contribution is 2.22. The van der Waals surface area contributed by atoms with Crippen molar-refractivity contribution >= 4 is 17.4 Å². The Bertz CT molecular complexity index is 538.